The third-order valence-corrected chi connectivity index (χ3v) is 6.13. The summed E-state index contributed by atoms with van der Waals surface area (Å²) in [4.78, 5) is 21.4. The number of rotatable bonds is 4. The van der Waals surface area contributed by atoms with Crippen LogP contribution in [-0.4, -0.2) is 46.5 Å². The molecule has 0 N–H and O–H groups in total. The quantitative estimate of drug-likeness (QED) is 0.424. The number of hydrogen-bond acceptors (Lipinski definition) is 3. The van der Waals surface area contributed by atoms with E-state index in [-0.39, 0.29) is 5.56 Å². The molecule has 0 radical (unpaired) electrons. The fraction of sp³-hybridized carbons (Fsp3) is 0.231. The average Bonchev–Trinajstić information content (AvgIpc) is 3.22. The van der Waals surface area contributed by atoms with Crippen molar-refractivity contribution in [3.63, 3.8) is 0 Å². The lowest BCUT2D eigenvalue weighted by molar-refractivity contribution is -0.138. The molecule has 4 aromatic rings. The Hall–Kier alpha value is -3.81. The predicted molar refractivity (Wildman–Crippen MR) is 125 cm³/mol. The van der Waals surface area contributed by atoms with Gasteiger partial charge in [-0.15, -0.1) is 0 Å². The van der Waals surface area contributed by atoms with Crippen LogP contribution in [-0.2, 0) is 12.7 Å². The first-order chi connectivity index (χ1) is 16.4. The first-order valence-electron chi connectivity index (χ1n) is 11.1. The van der Waals surface area contributed by atoms with Crippen molar-refractivity contribution >= 4 is 22.9 Å². The zero-order valence-electron chi connectivity index (χ0n) is 18.4. The summed E-state index contributed by atoms with van der Waals surface area (Å²) in [6.07, 6.45) is -4.57. The highest BCUT2D eigenvalue weighted by molar-refractivity contribution is 5.96. The van der Waals surface area contributed by atoms with Crippen LogP contribution in [0.1, 0.15) is 21.5 Å². The number of piperazine rings is 1. The van der Waals surface area contributed by atoms with E-state index in [9.17, 15) is 18.0 Å². The number of anilines is 1. The van der Waals surface area contributed by atoms with Crippen molar-refractivity contribution < 1.29 is 18.0 Å². The topological polar surface area (TPSA) is 41.4 Å². The molecule has 0 aliphatic carbocycles. The Morgan fingerprint density at radius 3 is 2.21 bits per heavy atom. The summed E-state index contributed by atoms with van der Waals surface area (Å²) in [7, 11) is 0. The normalized spacial score (nSPS) is 14.6. The number of fused-ring (bicyclic) bond motifs is 1. The molecule has 1 saturated heterocycles. The van der Waals surface area contributed by atoms with Gasteiger partial charge in [0, 0.05) is 26.2 Å². The molecule has 0 unspecified atom stereocenters. The first kappa shape index (κ1) is 22.0. The van der Waals surface area contributed by atoms with Gasteiger partial charge in [-0.2, -0.15) is 13.2 Å². The Balaban J connectivity index is 1.38. The Kier molecular flexibility index (Phi) is 5.73. The molecule has 0 spiro atoms. The van der Waals surface area contributed by atoms with Crippen LogP contribution in [0, 0.1) is 0 Å². The van der Waals surface area contributed by atoms with Gasteiger partial charge in [-0.05, 0) is 29.8 Å². The van der Waals surface area contributed by atoms with Gasteiger partial charge in [-0.25, -0.2) is 4.98 Å². The largest absolute Gasteiger partial charge is 0.417 e. The molecule has 0 saturated carbocycles. The second-order valence-electron chi connectivity index (χ2n) is 8.29. The van der Waals surface area contributed by atoms with Gasteiger partial charge in [-0.3, -0.25) is 4.79 Å². The number of alkyl halides is 3. The molecule has 3 aromatic carbocycles. The Morgan fingerprint density at radius 1 is 0.824 bits per heavy atom. The van der Waals surface area contributed by atoms with E-state index in [0.717, 1.165) is 28.6 Å². The van der Waals surface area contributed by atoms with Gasteiger partial charge < -0.3 is 14.4 Å². The van der Waals surface area contributed by atoms with Crippen LogP contribution in [0.15, 0.2) is 78.9 Å². The molecule has 174 valence electrons. The standard InChI is InChI=1S/C26H23F3N4O/c27-26(28,29)21-11-5-4-10-20(21)24(34)31-14-16-32(17-15-31)25-30-22-12-6-7-13-23(22)33(25)18-19-8-2-1-3-9-19/h1-13H,14-18H2. The van der Waals surface area contributed by atoms with Gasteiger partial charge in [0.15, 0.2) is 0 Å². The van der Waals surface area contributed by atoms with Crippen LogP contribution in [0.2, 0.25) is 0 Å². The number of carbonyl (C=O) groups is 1. The summed E-state index contributed by atoms with van der Waals surface area (Å²) in [5.74, 6) is 0.207. The maximum atomic E-state index is 13.4. The average molecular weight is 464 g/mol. The number of para-hydroxylation sites is 2. The minimum Gasteiger partial charge on any atom is -0.339 e. The number of imidazole rings is 1. The Labute approximate surface area is 195 Å². The molecule has 0 bridgehead atoms. The maximum absolute atomic E-state index is 13.4. The summed E-state index contributed by atoms with van der Waals surface area (Å²) in [5, 5.41) is 0. The van der Waals surface area contributed by atoms with Crippen molar-refractivity contribution in [2.45, 2.75) is 12.7 Å². The minimum atomic E-state index is -4.57. The molecule has 1 aliphatic rings. The molecule has 5 nitrogen and oxygen atoms in total. The van der Waals surface area contributed by atoms with E-state index in [0.29, 0.717) is 32.7 Å². The van der Waals surface area contributed by atoms with Gasteiger partial charge in [0.25, 0.3) is 5.91 Å². The molecule has 1 fully saturated rings. The highest BCUT2D eigenvalue weighted by atomic mass is 19.4. The van der Waals surface area contributed by atoms with Crippen LogP contribution in [0.4, 0.5) is 19.1 Å². The van der Waals surface area contributed by atoms with Gasteiger partial charge >= 0.3 is 6.18 Å². The number of carbonyl (C=O) groups excluding carboxylic acids is 1. The molecule has 1 aromatic heterocycles. The summed E-state index contributed by atoms with van der Waals surface area (Å²) < 4.78 is 42.3. The number of halogens is 3. The summed E-state index contributed by atoms with van der Waals surface area (Å²) in [6, 6.07) is 23.0. The molecule has 0 atom stereocenters. The molecule has 34 heavy (non-hydrogen) atoms. The zero-order chi connectivity index (χ0) is 23.7. The van der Waals surface area contributed by atoms with Crippen molar-refractivity contribution in [1.29, 1.82) is 0 Å². The number of aromatic nitrogens is 2. The highest BCUT2D eigenvalue weighted by Crippen LogP contribution is 2.33. The number of nitrogens with zero attached hydrogens (tertiary/aromatic N) is 4. The van der Waals surface area contributed by atoms with E-state index >= 15 is 0 Å². The van der Waals surface area contributed by atoms with Crippen LogP contribution < -0.4 is 4.90 Å². The van der Waals surface area contributed by atoms with Crippen molar-refractivity contribution in [3.8, 4) is 0 Å². The maximum Gasteiger partial charge on any atom is 0.417 e. The van der Waals surface area contributed by atoms with Crippen molar-refractivity contribution in [2.24, 2.45) is 0 Å². The van der Waals surface area contributed by atoms with Gasteiger partial charge in [0.1, 0.15) is 0 Å². The van der Waals surface area contributed by atoms with E-state index in [4.69, 9.17) is 4.98 Å². The summed E-state index contributed by atoms with van der Waals surface area (Å²) in [5.41, 5.74) is 1.83. The fourth-order valence-corrected chi connectivity index (χ4v) is 4.42. The van der Waals surface area contributed by atoms with E-state index in [2.05, 4.69) is 21.6 Å². The summed E-state index contributed by atoms with van der Waals surface area (Å²) in [6.45, 7) is 2.25. The second-order valence-corrected chi connectivity index (χ2v) is 8.29. The lowest BCUT2D eigenvalue weighted by Gasteiger charge is -2.36. The fourth-order valence-electron chi connectivity index (χ4n) is 4.42. The van der Waals surface area contributed by atoms with Crippen LogP contribution in [0.5, 0.6) is 0 Å². The summed E-state index contributed by atoms with van der Waals surface area (Å²) >= 11 is 0. The highest BCUT2D eigenvalue weighted by Gasteiger charge is 2.36. The Bertz CT molecular complexity index is 1310. The monoisotopic (exact) mass is 464 g/mol. The second kappa shape index (κ2) is 8.85. The van der Waals surface area contributed by atoms with Gasteiger partial charge in [0.05, 0.1) is 28.7 Å². The zero-order valence-corrected chi connectivity index (χ0v) is 18.4. The van der Waals surface area contributed by atoms with Crippen LogP contribution in [0.3, 0.4) is 0 Å². The molecular weight excluding hydrogens is 441 g/mol. The molecule has 5 rings (SSSR count). The van der Waals surface area contributed by atoms with Crippen LogP contribution in [0.25, 0.3) is 11.0 Å². The van der Waals surface area contributed by atoms with E-state index in [1.54, 1.807) is 0 Å². The van der Waals surface area contributed by atoms with Gasteiger partial charge in [0.2, 0.25) is 5.95 Å². The molecule has 1 aliphatic heterocycles. The predicted octanol–water partition coefficient (Wildman–Crippen LogP) is 5.07. The molecular formula is C26H23F3N4O. The first-order valence-corrected chi connectivity index (χ1v) is 11.1. The molecule has 2 heterocycles. The lowest BCUT2D eigenvalue weighted by atomic mass is 10.1. The number of benzene rings is 3. The third kappa shape index (κ3) is 4.23. The third-order valence-electron chi connectivity index (χ3n) is 6.13. The van der Waals surface area contributed by atoms with E-state index < -0.39 is 17.6 Å². The van der Waals surface area contributed by atoms with E-state index in [1.165, 1.54) is 23.1 Å². The van der Waals surface area contributed by atoms with Crippen molar-refractivity contribution in [2.75, 3.05) is 31.1 Å². The number of hydrogen-bond donors (Lipinski definition) is 0. The SMILES string of the molecule is O=C(c1ccccc1C(F)(F)F)N1CCN(c2nc3ccccc3n2Cc2ccccc2)CC1. The smallest absolute Gasteiger partial charge is 0.339 e. The van der Waals surface area contributed by atoms with Gasteiger partial charge in [-0.1, -0.05) is 54.6 Å². The lowest BCUT2D eigenvalue weighted by Crippen LogP contribution is -2.49. The minimum absolute atomic E-state index is 0.306. The molecule has 8 heteroatoms. The van der Waals surface area contributed by atoms with Crippen molar-refractivity contribution in [1.82, 2.24) is 14.5 Å². The molecule has 1 amide bonds. The van der Waals surface area contributed by atoms with E-state index in [1.807, 2.05) is 42.5 Å². The van der Waals surface area contributed by atoms with Crippen LogP contribution >= 0.6 is 0 Å². The Morgan fingerprint density at radius 2 is 1.47 bits per heavy atom. The van der Waals surface area contributed by atoms with Crippen molar-refractivity contribution in [3.05, 3.63) is 95.6 Å². The number of amides is 1.